The molecule has 0 aromatic rings. The van der Waals surface area contributed by atoms with Crippen molar-refractivity contribution in [1.29, 1.82) is 0 Å². The summed E-state index contributed by atoms with van der Waals surface area (Å²) >= 11 is 0. The van der Waals surface area contributed by atoms with E-state index in [0.717, 1.165) is 19.4 Å². The van der Waals surface area contributed by atoms with Gasteiger partial charge in [0.15, 0.2) is 0 Å². The third-order valence-electron chi connectivity index (χ3n) is 3.26. The van der Waals surface area contributed by atoms with Gasteiger partial charge in [0.2, 0.25) is 5.91 Å². The van der Waals surface area contributed by atoms with E-state index in [9.17, 15) is 9.59 Å². The largest absolute Gasteiger partial charge is 0.351 e. The van der Waals surface area contributed by atoms with E-state index in [4.69, 9.17) is 11.5 Å². The van der Waals surface area contributed by atoms with Crippen LogP contribution in [0, 0.1) is 5.92 Å². The summed E-state index contributed by atoms with van der Waals surface area (Å²) in [5, 5.41) is 2.07. The van der Waals surface area contributed by atoms with Crippen molar-refractivity contribution in [3.05, 3.63) is 0 Å². The number of hydrogen-bond donors (Lipinski definition) is 3. The lowest BCUT2D eigenvalue weighted by Gasteiger charge is -2.37. The van der Waals surface area contributed by atoms with Crippen LogP contribution in [-0.4, -0.2) is 42.5 Å². The van der Waals surface area contributed by atoms with Crippen molar-refractivity contribution in [2.75, 3.05) is 19.6 Å². The van der Waals surface area contributed by atoms with Gasteiger partial charge in [0.1, 0.15) is 0 Å². The van der Waals surface area contributed by atoms with Gasteiger partial charge in [-0.25, -0.2) is 4.79 Å². The Morgan fingerprint density at radius 1 is 1.44 bits per heavy atom. The van der Waals surface area contributed by atoms with Crippen molar-refractivity contribution in [3.63, 3.8) is 0 Å². The number of primary amides is 1. The standard InChI is InChI=1S/C11H22N4O2.ClH/c1-8-2-4-15(9(6-8)7-12)5-3-10(16)14-11(13)17;/h8-9H,2-7,12H2,1H3,(H3,13,14,16,17);1H. The molecule has 0 saturated carbocycles. The van der Waals surface area contributed by atoms with Gasteiger partial charge in [-0.1, -0.05) is 6.92 Å². The third kappa shape index (κ3) is 5.66. The predicted octanol–water partition coefficient (Wildman–Crippen LogP) is 0.0524. The van der Waals surface area contributed by atoms with E-state index in [1.807, 2.05) is 0 Å². The Hall–Kier alpha value is -0.850. The molecule has 18 heavy (non-hydrogen) atoms. The maximum absolute atomic E-state index is 11.3. The highest BCUT2D eigenvalue weighted by Crippen LogP contribution is 2.21. The normalized spacial score (nSPS) is 24.1. The smallest absolute Gasteiger partial charge is 0.318 e. The van der Waals surface area contributed by atoms with E-state index in [1.165, 1.54) is 0 Å². The molecule has 0 aromatic carbocycles. The first kappa shape index (κ1) is 17.2. The zero-order chi connectivity index (χ0) is 12.8. The van der Waals surface area contributed by atoms with Crippen molar-refractivity contribution >= 4 is 24.3 Å². The fraction of sp³-hybridized carbons (Fsp3) is 0.818. The first-order valence-electron chi connectivity index (χ1n) is 6.06. The minimum Gasteiger partial charge on any atom is -0.351 e. The molecular weight excluding hydrogens is 256 g/mol. The van der Waals surface area contributed by atoms with Crippen LogP contribution in [-0.2, 0) is 4.79 Å². The Labute approximate surface area is 114 Å². The Morgan fingerprint density at radius 3 is 2.67 bits per heavy atom. The number of likely N-dealkylation sites (tertiary alicyclic amines) is 1. The first-order valence-corrected chi connectivity index (χ1v) is 6.06. The monoisotopic (exact) mass is 278 g/mol. The average molecular weight is 279 g/mol. The van der Waals surface area contributed by atoms with Crippen molar-refractivity contribution < 1.29 is 9.59 Å². The van der Waals surface area contributed by atoms with E-state index < -0.39 is 6.03 Å². The second-order valence-electron chi connectivity index (χ2n) is 4.72. The molecule has 1 heterocycles. The summed E-state index contributed by atoms with van der Waals surface area (Å²) in [7, 11) is 0. The number of carbonyl (C=O) groups excluding carboxylic acids is 2. The van der Waals surface area contributed by atoms with Gasteiger partial charge in [-0.05, 0) is 25.3 Å². The van der Waals surface area contributed by atoms with Gasteiger partial charge in [0, 0.05) is 25.6 Å². The predicted molar refractivity (Wildman–Crippen MR) is 72.4 cm³/mol. The van der Waals surface area contributed by atoms with Crippen molar-refractivity contribution in [2.24, 2.45) is 17.4 Å². The molecular formula is C11H23ClN4O2. The summed E-state index contributed by atoms with van der Waals surface area (Å²) in [6, 6.07) is -0.447. The number of piperidine rings is 1. The lowest BCUT2D eigenvalue weighted by molar-refractivity contribution is -0.120. The number of imide groups is 1. The van der Waals surface area contributed by atoms with Crippen LogP contribution in [0.4, 0.5) is 4.79 Å². The molecule has 7 heteroatoms. The summed E-state index contributed by atoms with van der Waals surface area (Å²) in [5.41, 5.74) is 10.6. The number of nitrogens with one attached hydrogen (secondary N) is 1. The molecule has 6 nitrogen and oxygen atoms in total. The highest BCUT2D eigenvalue weighted by Gasteiger charge is 2.25. The number of amides is 3. The summed E-state index contributed by atoms with van der Waals surface area (Å²) in [6.07, 6.45) is 2.50. The van der Waals surface area contributed by atoms with Crippen LogP contribution in [0.2, 0.25) is 0 Å². The molecule has 1 saturated heterocycles. The first-order chi connectivity index (χ1) is 8.02. The van der Waals surface area contributed by atoms with Crippen molar-refractivity contribution in [1.82, 2.24) is 10.2 Å². The molecule has 1 fully saturated rings. The van der Waals surface area contributed by atoms with E-state index in [0.29, 0.717) is 25.0 Å². The highest BCUT2D eigenvalue weighted by atomic mass is 35.5. The van der Waals surface area contributed by atoms with Crippen LogP contribution in [0.3, 0.4) is 0 Å². The Bertz CT molecular complexity index is 288. The molecule has 2 unspecified atom stereocenters. The molecule has 1 aliphatic heterocycles. The molecule has 3 amide bonds. The Balaban J connectivity index is 0.00000289. The minimum absolute atomic E-state index is 0. The van der Waals surface area contributed by atoms with E-state index in [2.05, 4.69) is 17.1 Å². The van der Waals surface area contributed by atoms with E-state index in [1.54, 1.807) is 0 Å². The van der Waals surface area contributed by atoms with Gasteiger partial charge < -0.3 is 11.5 Å². The number of hydrogen-bond acceptors (Lipinski definition) is 4. The van der Waals surface area contributed by atoms with E-state index in [-0.39, 0.29) is 24.7 Å². The molecule has 2 atom stereocenters. The number of nitrogens with zero attached hydrogens (tertiary/aromatic N) is 1. The van der Waals surface area contributed by atoms with E-state index >= 15 is 0 Å². The lowest BCUT2D eigenvalue weighted by Crippen LogP contribution is -2.47. The highest BCUT2D eigenvalue weighted by molar-refractivity contribution is 5.93. The van der Waals surface area contributed by atoms with Gasteiger partial charge >= 0.3 is 6.03 Å². The summed E-state index contributed by atoms with van der Waals surface area (Å²) in [6.45, 7) is 4.43. The zero-order valence-corrected chi connectivity index (χ0v) is 11.5. The van der Waals surface area contributed by atoms with Crippen LogP contribution >= 0.6 is 12.4 Å². The Morgan fingerprint density at radius 2 is 2.11 bits per heavy atom. The van der Waals surface area contributed by atoms with Gasteiger partial charge in [0.25, 0.3) is 0 Å². The minimum atomic E-state index is -0.794. The van der Waals surface area contributed by atoms with Crippen LogP contribution < -0.4 is 16.8 Å². The maximum atomic E-state index is 11.3. The van der Waals surface area contributed by atoms with Gasteiger partial charge in [-0.15, -0.1) is 12.4 Å². The fourth-order valence-corrected chi connectivity index (χ4v) is 2.28. The van der Waals surface area contributed by atoms with Crippen molar-refractivity contribution in [3.8, 4) is 0 Å². The number of urea groups is 1. The maximum Gasteiger partial charge on any atom is 0.318 e. The zero-order valence-electron chi connectivity index (χ0n) is 10.7. The molecule has 106 valence electrons. The second kappa shape index (κ2) is 8.29. The Kier molecular flexibility index (Phi) is 7.90. The molecule has 5 N–H and O–H groups in total. The topological polar surface area (TPSA) is 101 Å². The number of halogens is 1. The SMILES string of the molecule is CC1CCN(CCC(=O)NC(N)=O)C(CN)C1.Cl. The summed E-state index contributed by atoms with van der Waals surface area (Å²) in [4.78, 5) is 24.0. The van der Waals surface area contributed by atoms with Crippen molar-refractivity contribution in [2.45, 2.75) is 32.2 Å². The van der Waals surface area contributed by atoms with Gasteiger partial charge in [0.05, 0.1) is 0 Å². The molecule has 0 aromatic heterocycles. The van der Waals surface area contributed by atoms with Crippen LogP contribution in [0.15, 0.2) is 0 Å². The molecule has 1 aliphatic rings. The average Bonchev–Trinajstić information content (AvgIpc) is 2.26. The molecule has 0 bridgehead atoms. The number of rotatable bonds is 4. The molecule has 0 radical (unpaired) electrons. The third-order valence-corrected chi connectivity index (χ3v) is 3.26. The number of nitrogens with two attached hydrogens (primary N) is 2. The number of carbonyl (C=O) groups is 2. The molecule has 0 spiro atoms. The fourth-order valence-electron chi connectivity index (χ4n) is 2.28. The summed E-state index contributed by atoms with van der Waals surface area (Å²) in [5.74, 6) is 0.367. The lowest BCUT2D eigenvalue weighted by atomic mass is 9.92. The van der Waals surface area contributed by atoms with Crippen LogP contribution in [0.25, 0.3) is 0 Å². The second-order valence-corrected chi connectivity index (χ2v) is 4.72. The van der Waals surface area contributed by atoms with Crippen LogP contribution in [0.1, 0.15) is 26.2 Å². The quantitative estimate of drug-likeness (QED) is 0.676. The summed E-state index contributed by atoms with van der Waals surface area (Å²) < 4.78 is 0. The van der Waals surface area contributed by atoms with Gasteiger partial charge in [-0.3, -0.25) is 15.0 Å². The molecule has 0 aliphatic carbocycles. The van der Waals surface area contributed by atoms with Crippen LogP contribution in [0.5, 0.6) is 0 Å². The van der Waals surface area contributed by atoms with Gasteiger partial charge in [-0.2, -0.15) is 0 Å². The molecule has 1 rings (SSSR count).